The highest BCUT2D eigenvalue weighted by atomic mass is 16.5. The molecule has 2 heterocycles. The molecule has 1 aromatic carbocycles. The molecule has 0 saturated carbocycles. The zero-order chi connectivity index (χ0) is 16.9. The van der Waals surface area contributed by atoms with Crippen LogP contribution in [0.4, 0.5) is 0 Å². The molecule has 1 amide bonds. The maximum Gasteiger partial charge on any atom is 0.227 e. The number of aryl methyl sites for hydroxylation is 1. The van der Waals surface area contributed by atoms with E-state index in [-0.39, 0.29) is 11.9 Å². The topological polar surface area (TPSA) is 34.5 Å². The van der Waals surface area contributed by atoms with E-state index in [0.717, 1.165) is 30.7 Å². The first kappa shape index (κ1) is 16.6. The van der Waals surface area contributed by atoms with Gasteiger partial charge in [0.1, 0.15) is 5.75 Å². The van der Waals surface area contributed by atoms with E-state index >= 15 is 0 Å². The second-order valence-electron chi connectivity index (χ2n) is 6.52. The molecule has 1 aliphatic heterocycles. The van der Waals surface area contributed by atoms with Gasteiger partial charge in [-0.15, -0.1) is 0 Å². The van der Waals surface area contributed by atoms with Crippen LogP contribution in [0.3, 0.4) is 0 Å². The van der Waals surface area contributed by atoms with Crippen LogP contribution in [0.1, 0.15) is 43.0 Å². The predicted octanol–water partition coefficient (Wildman–Crippen LogP) is 3.72. The quantitative estimate of drug-likeness (QED) is 0.858. The van der Waals surface area contributed by atoms with Crippen LogP contribution in [0.25, 0.3) is 0 Å². The molecule has 4 heteroatoms. The van der Waals surface area contributed by atoms with Crippen LogP contribution in [-0.4, -0.2) is 29.0 Å². The Balaban J connectivity index is 1.77. The molecular formula is C20H26N2O2. The molecule has 1 unspecified atom stereocenters. The summed E-state index contributed by atoms with van der Waals surface area (Å²) in [5.41, 5.74) is 2.27. The maximum absolute atomic E-state index is 13.0. The van der Waals surface area contributed by atoms with E-state index in [4.69, 9.17) is 4.74 Å². The van der Waals surface area contributed by atoms with Gasteiger partial charge in [0.2, 0.25) is 5.91 Å². The number of carbonyl (C=O) groups is 1. The molecule has 1 atom stereocenters. The summed E-state index contributed by atoms with van der Waals surface area (Å²) in [6.07, 6.45) is 7.04. The highest BCUT2D eigenvalue weighted by Gasteiger charge is 2.28. The third-order valence-electron chi connectivity index (χ3n) is 4.91. The zero-order valence-electron chi connectivity index (χ0n) is 14.6. The summed E-state index contributed by atoms with van der Waals surface area (Å²) in [4.78, 5) is 15.1. The van der Waals surface area contributed by atoms with Crippen LogP contribution in [0.15, 0.2) is 42.6 Å². The van der Waals surface area contributed by atoms with Crippen molar-refractivity contribution in [3.05, 3.63) is 53.9 Å². The smallest absolute Gasteiger partial charge is 0.227 e. The number of benzene rings is 1. The molecule has 1 fully saturated rings. The van der Waals surface area contributed by atoms with Crippen LogP contribution in [-0.2, 0) is 18.3 Å². The van der Waals surface area contributed by atoms with Gasteiger partial charge in [0.15, 0.2) is 0 Å². The fourth-order valence-corrected chi connectivity index (χ4v) is 3.55. The number of ether oxygens (including phenoxy) is 1. The molecule has 24 heavy (non-hydrogen) atoms. The van der Waals surface area contributed by atoms with Gasteiger partial charge in [0, 0.05) is 25.5 Å². The molecule has 1 aromatic heterocycles. The van der Waals surface area contributed by atoms with E-state index in [1.54, 1.807) is 7.11 Å². The van der Waals surface area contributed by atoms with Gasteiger partial charge in [-0.1, -0.05) is 25.0 Å². The van der Waals surface area contributed by atoms with Crippen molar-refractivity contribution in [2.24, 2.45) is 7.05 Å². The zero-order valence-corrected chi connectivity index (χ0v) is 14.6. The van der Waals surface area contributed by atoms with Crippen molar-refractivity contribution >= 4 is 5.91 Å². The predicted molar refractivity (Wildman–Crippen MR) is 95.0 cm³/mol. The number of hydrogen-bond donors (Lipinski definition) is 0. The lowest BCUT2D eigenvalue weighted by atomic mass is 10.0. The Labute approximate surface area is 144 Å². The van der Waals surface area contributed by atoms with Crippen molar-refractivity contribution in [1.29, 1.82) is 0 Å². The van der Waals surface area contributed by atoms with E-state index in [1.165, 1.54) is 18.5 Å². The van der Waals surface area contributed by atoms with E-state index in [2.05, 4.69) is 34.8 Å². The molecule has 0 aliphatic carbocycles. The van der Waals surface area contributed by atoms with E-state index in [1.807, 2.05) is 24.3 Å². The number of amides is 1. The van der Waals surface area contributed by atoms with E-state index < -0.39 is 0 Å². The summed E-state index contributed by atoms with van der Waals surface area (Å²) in [7, 11) is 3.72. The molecule has 1 saturated heterocycles. The van der Waals surface area contributed by atoms with Crippen LogP contribution in [0, 0.1) is 0 Å². The third kappa shape index (κ3) is 3.64. The van der Waals surface area contributed by atoms with Crippen molar-refractivity contribution in [1.82, 2.24) is 9.47 Å². The molecule has 0 radical (unpaired) electrons. The highest BCUT2D eigenvalue weighted by molar-refractivity contribution is 5.79. The Hall–Kier alpha value is -2.23. The van der Waals surface area contributed by atoms with Crippen molar-refractivity contribution in [3.63, 3.8) is 0 Å². The first-order valence-electron chi connectivity index (χ1n) is 8.72. The van der Waals surface area contributed by atoms with Gasteiger partial charge in [0.25, 0.3) is 0 Å². The Morgan fingerprint density at radius 1 is 1.17 bits per heavy atom. The highest BCUT2D eigenvalue weighted by Crippen LogP contribution is 2.30. The Morgan fingerprint density at radius 3 is 2.62 bits per heavy atom. The SMILES string of the molecule is COc1ccc(CC(=O)N2CCCCCC2c2cccn2C)cc1. The van der Waals surface area contributed by atoms with Gasteiger partial charge in [0.05, 0.1) is 19.6 Å². The number of nitrogens with zero attached hydrogens (tertiary/aromatic N) is 2. The lowest BCUT2D eigenvalue weighted by Crippen LogP contribution is -2.36. The molecule has 0 N–H and O–H groups in total. The molecule has 3 rings (SSSR count). The molecule has 0 spiro atoms. The Kier molecular flexibility index (Phi) is 5.24. The number of methoxy groups -OCH3 is 1. The third-order valence-corrected chi connectivity index (χ3v) is 4.91. The number of hydrogen-bond acceptors (Lipinski definition) is 2. The molecular weight excluding hydrogens is 300 g/mol. The van der Waals surface area contributed by atoms with Gasteiger partial charge < -0.3 is 14.2 Å². The summed E-state index contributed by atoms with van der Waals surface area (Å²) in [6.45, 7) is 0.852. The van der Waals surface area contributed by atoms with Gasteiger partial charge in [-0.2, -0.15) is 0 Å². The molecule has 2 aromatic rings. The van der Waals surface area contributed by atoms with Crippen molar-refractivity contribution in [3.8, 4) is 5.75 Å². The first-order chi connectivity index (χ1) is 11.7. The largest absolute Gasteiger partial charge is 0.497 e. The number of likely N-dealkylation sites (tertiary alicyclic amines) is 1. The van der Waals surface area contributed by atoms with Crippen molar-refractivity contribution in [2.75, 3.05) is 13.7 Å². The number of rotatable bonds is 4. The minimum Gasteiger partial charge on any atom is -0.497 e. The second-order valence-corrected chi connectivity index (χ2v) is 6.52. The Bertz CT molecular complexity index is 675. The van der Waals surface area contributed by atoms with Gasteiger partial charge in [-0.25, -0.2) is 0 Å². The summed E-state index contributed by atoms with van der Waals surface area (Å²) >= 11 is 0. The van der Waals surface area contributed by atoms with Gasteiger partial charge in [-0.3, -0.25) is 4.79 Å². The van der Waals surface area contributed by atoms with Gasteiger partial charge in [-0.05, 0) is 42.7 Å². The molecule has 1 aliphatic rings. The summed E-state index contributed by atoms with van der Waals surface area (Å²) in [5.74, 6) is 1.04. The molecule has 128 valence electrons. The summed E-state index contributed by atoms with van der Waals surface area (Å²) < 4.78 is 7.33. The average molecular weight is 326 g/mol. The monoisotopic (exact) mass is 326 g/mol. The minimum absolute atomic E-state index is 0.193. The summed E-state index contributed by atoms with van der Waals surface area (Å²) in [5, 5.41) is 0. The molecule has 0 bridgehead atoms. The fraction of sp³-hybridized carbons (Fsp3) is 0.450. The number of carbonyl (C=O) groups excluding carboxylic acids is 1. The standard InChI is InChI=1S/C20H26N2O2/c1-21-13-6-8-18(21)19-7-4-3-5-14-22(19)20(23)15-16-9-11-17(24-2)12-10-16/h6,8-13,19H,3-5,7,14-15H2,1-2H3. The van der Waals surface area contributed by atoms with Crippen LogP contribution in [0.5, 0.6) is 5.75 Å². The fourth-order valence-electron chi connectivity index (χ4n) is 3.55. The van der Waals surface area contributed by atoms with Gasteiger partial charge >= 0.3 is 0 Å². The van der Waals surface area contributed by atoms with Crippen LogP contribution < -0.4 is 4.74 Å². The first-order valence-corrected chi connectivity index (χ1v) is 8.72. The van der Waals surface area contributed by atoms with E-state index in [9.17, 15) is 4.79 Å². The molecule has 4 nitrogen and oxygen atoms in total. The van der Waals surface area contributed by atoms with Crippen molar-refractivity contribution in [2.45, 2.75) is 38.1 Å². The maximum atomic E-state index is 13.0. The summed E-state index contributed by atoms with van der Waals surface area (Å²) in [6, 6.07) is 12.2. The average Bonchev–Trinajstić information content (AvgIpc) is 2.87. The minimum atomic E-state index is 0.193. The Morgan fingerprint density at radius 2 is 1.96 bits per heavy atom. The van der Waals surface area contributed by atoms with Crippen LogP contribution in [0.2, 0.25) is 0 Å². The van der Waals surface area contributed by atoms with Crippen molar-refractivity contribution < 1.29 is 9.53 Å². The lowest BCUT2D eigenvalue weighted by Gasteiger charge is -2.31. The second kappa shape index (κ2) is 7.56. The number of aromatic nitrogens is 1. The van der Waals surface area contributed by atoms with Crippen LogP contribution >= 0.6 is 0 Å². The lowest BCUT2D eigenvalue weighted by molar-refractivity contribution is -0.133. The normalized spacial score (nSPS) is 18.2. The van der Waals surface area contributed by atoms with E-state index in [0.29, 0.717) is 6.42 Å².